The molecular weight excluding hydrogens is 422 g/mol. The standard InChI is InChI=1S/C26H25NO6/c1-15-11-17(29-2)9-10-18(15)21-14-33-24-19(21)7-6-8-20(24)26(28)27-16-12-22(30-3)25(32-5)23(13-16)31-4/h6-14H,1-5H3,(H,27,28). The molecule has 0 atom stereocenters. The molecule has 0 saturated heterocycles. The smallest absolute Gasteiger partial charge is 0.259 e. The summed E-state index contributed by atoms with van der Waals surface area (Å²) in [4.78, 5) is 13.2. The van der Waals surface area contributed by atoms with Gasteiger partial charge in [0.1, 0.15) is 11.3 Å². The van der Waals surface area contributed by atoms with Gasteiger partial charge in [-0.1, -0.05) is 18.2 Å². The van der Waals surface area contributed by atoms with E-state index in [0.29, 0.717) is 34.1 Å². The van der Waals surface area contributed by atoms with E-state index >= 15 is 0 Å². The summed E-state index contributed by atoms with van der Waals surface area (Å²) < 4.78 is 27.3. The van der Waals surface area contributed by atoms with E-state index in [2.05, 4.69) is 5.32 Å². The van der Waals surface area contributed by atoms with E-state index in [0.717, 1.165) is 27.8 Å². The number of nitrogens with one attached hydrogen (secondary N) is 1. The van der Waals surface area contributed by atoms with Gasteiger partial charge in [0.15, 0.2) is 11.5 Å². The SMILES string of the molecule is COc1ccc(-c2coc3c(C(=O)Nc4cc(OC)c(OC)c(OC)c4)cccc23)c(C)c1. The number of carbonyl (C=O) groups excluding carboxylic acids is 1. The third-order valence-corrected chi connectivity index (χ3v) is 5.49. The van der Waals surface area contributed by atoms with Gasteiger partial charge in [-0.05, 0) is 36.2 Å². The highest BCUT2D eigenvalue weighted by atomic mass is 16.5. The zero-order valence-corrected chi connectivity index (χ0v) is 19.1. The highest BCUT2D eigenvalue weighted by Gasteiger charge is 2.19. The number of ether oxygens (including phenoxy) is 4. The van der Waals surface area contributed by atoms with Crippen molar-refractivity contribution in [3.8, 4) is 34.1 Å². The van der Waals surface area contributed by atoms with Crippen LogP contribution in [0.3, 0.4) is 0 Å². The third-order valence-electron chi connectivity index (χ3n) is 5.49. The number of benzene rings is 3. The maximum absolute atomic E-state index is 13.2. The van der Waals surface area contributed by atoms with E-state index in [-0.39, 0.29) is 5.91 Å². The molecule has 0 fully saturated rings. The van der Waals surface area contributed by atoms with E-state index in [9.17, 15) is 4.79 Å². The summed E-state index contributed by atoms with van der Waals surface area (Å²) in [5.41, 5.74) is 4.39. The van der Waals surface area contributed by atoms with Crippen LogP contribution in [0.4, 0.5) is 5.69 Å². The van der Waals surface area contributed by atoms with Crippen molar-refractivity contribution in [2.45, 2.75) is 6.92 Å². The number of hydrogen-bond donors (Lipinski definition) is 1. The Morgan fingerprint density at radius 2 is 1.58 bits per heavy atom. The lowest BCUT2D eigenvalue weighted by molar-refractivity contribution is 0.102. The summed E-state index contributed by atoms with van der Waals surface area (Å²) in [7, 11) is 6.21. The molecule has 7 nitrogen and oxygen atoms in total. The minimum absolute atomic E-state index is 0.317. The fourth-order valence-electron chi connectivity index (χ4n) is 3.86. The lowest BCUT2D eigenvalue weighted by atomic mass is 9.98. The molecule has 7 heteroatoms. The van der Waals surface area contributed by atoms with Gasteiger partial charge in [-0.15, -0.1) is 0 Å². The number of hydrogen-bond acceptors (Lipinski definition) is 6. The number of fused-ring (bicyclic) bond motifs is 1. The van der Waals surface area contributed by atoms with Crippen molar-refractivity contribution in [2.24, 2.45) is 0 Å². The maximum Gasteiger partial charge on any atom is 0.259 e. The fourth-order valence-corrected chi connectivity index (χ4v) is 3.86. The molecule has 0 aliphatic heterocycles. The first-order valence-electron chi connectivity index (χ1n) is 10.3. The molecule has 0 aliphatic carbocycles. The first kappa shape index (κ1) is 22.1. The van der Waals surface area contributed by atoms with Gasteiger partial charge in [-0.25, -0.2) is 0 Å². The van der Waals surface area contributed by atoms with Crippen molar-refractivity contribution >= 4 is 22.6 Å². The number of rotatable bonds is 7. The summed E-state index contributed by atoms with van der Waals surface area (Å²) >= 11 is 0. The van der Waals surface area contributed by atoms with Crippen LogP contribution in [-0.2, 0) is 0 Å². The predicted molar refractivity (Wildman–Crippen MR) is 127 cm³/mol. The van der Waals surface area contributed by atoms with Gasteiger partial charge in [-0.2, -0.15) is 0 Å². The van der Waals surface area contributed by atoms with Gasteiger partial charge in [0.2, 0.25) is 5.75 Å². The van der Waals surface area contributed by atoms with Crippen LogP contribution in [0.5, 0.6) is 23.0 Å². The topological polar surface area (TPSA) is 79.2 Å². The van der Waals surface area contributed by atoms with Crippen LogP contribution in [0.1, 0.15) is 15.9 Å². The number of methoxy groups -OCH3 is 4. The van der Waals surface area contributed by atoms with E-state index in [1.165, 1.54) is 21.3 Å². The fraction of sp³-hybridized carbons (Fsp3) is 0.192. The average molecular weight is 447 g/mol. The minimum atomic E-state index is -0.317. The summed E-state index contributed by atoms with van der Waals surface area (Å²) in [6.45, 7) is 2.01. The molecule has 0 spiro atoms. The molecule has 170 valence electrons. The average Bonchev–Trinajstić information content (AvgIpc) is 3.27. The summed E-state index contributed by atoms with van der Waals surface area (Å²) in [5.74, 6) is 1.81. The monoisotopic (exact) mass is 447 g/mol. The van der Waals surface area contributed by atoms with Crippen molar-refractivity contribution in [2.75, 3.05) is 33.8 Å². The number of carbonyl (C=O) groups is 1. The Hall–Kier alpha value is -4.13. The maximum atomic E-state index is 13.2. The Morgan fingerprint density at radius 1 is 0.848 bits per heavy atom. The lowest BCUT2D eigenvalue weighted by Gasteiger charge is -2.14. The summed E-state index contributed by atoms with van der Waals surface area (Å²) in [6.07, 6.45) is 1.68. The lowest BCUT2D eigenvalue weighted by Crippen LogP contribution is -2.12. The second-order valence-electron chi connectivity index (χ2n) is 7.38. The van der Waals surface area contributed by atoms with Crippen LogP contribution in [0.2, 0.25) is 0 Å². The van der Waals surface area contributed by atoms with E-state index < -0.39 is 0 Å². The second-order valence-corrected chi connectivity index (χ2v) is 7.38. The van der Waals surface area contributed by atoms with Crippen LogP contribution in [0.15, 0.2) is 59.2 Å². The molecule has 1 heterocycles. The zero-order chi connectivity index (χ0) is 23.5. The predicted octanol–water partition coefficient (Wildman–Crippen LogP) is 5.69. The number of para-hydroxylation sites is 1. The van der Waals surface area contributed by atoms with Gasteiger partial charge >= 0.3 is 0 Å². The number of anilines is 1. The highest BCUT2D eigenvalue weighted by Crippen LogP contribution is 2.40. The second kappa shape index (κ2) is 9.16. The van der Waals surface area contributed by atoms with E-state index in [1.54, 1.807) is 31.6 Å². The molecule has 0 saturated carbocycles. The molecular formula is C26H25NO6. The summed E-state index contributed by atoms with van der Waals surface area (Å²) in [6, 6.07) is 14.7. The quantitative estimate of drug-likeness (QED) is 0.392. The molecule has 4 rings (SSSR count). The number of furan rings is 1. The molecule has 0 unspecified atom stereocenters. The highest BCUT2D eigenvalue weighted by molar-refractivity contribution is 6.13. The normalized spacial score (nSPS) is 10.7. The molecule has 4 aromatic rings. The van der Waals surface area contributed by atoms with Crippen molar-refractivity contribution in [3.63, 3.8) is 0 Å². The van der Waals surface area contributed by atoms with Gasteiger partial charge in [-0.3, -0.25) is 4.79 Å². The van der Waals surface area contributed by atoms with Crippen LogP contribution >= 0.6 is 0 Å². The van der Waals surface area contributed by atoms with Crippen LogP contribution in [-0.4, -0.2) is 34.3 Å². The van der Waals surface area contributed by atoms with Crippen LogP contribution < -0.4 is 24.3 Å². The van der Waals surface area contributed by atoms with Crippen molar-refractivity contribution in [3.05, 3.63) is 65.9 Å². The van der Waals surface area contributed by atoms with Crippen molar-refractivity contribution in [1.82, 2.24) is 0 Å². The van der Waals surface area contributed by atoms with E-state index in [1.807, 2.05) is 37.3 Å². The Morgan fingerprint density at radius 3 is 2.18 bits per heavy atom. The molecule has 1 amide bonds. The van der Waals surface area contributed by atoms with Gasteiger partial charge < -0.3 is 28.7 Å². The number of aryl methyl sites for hydroxylation is 1. The molecule has 0 bridgehead atoms. The molecule has 3 aromatic carbocycles. The van der Waals surface area contributed by atoms with Crippen LogP contribution in [0, 0.1) is 6.92 Å². The Balaban J connectivity index is 1.71. The summed E-state index contributed by atoms with van der Waals surface area (Å²) in [5, 5.41) is 3.74. The molecule has 33 heavy (non-hydrogen) atoms. The van der Waals surface area contributed by atoms with Gasteiger partial charge in [0.25, 0.3) is 5.91 Å². The van der Waals surface area contributed by atoms with E-state index in [4.69, 9.17) is 23.4 Å². The first-order chi connectivity index (χ1) is 16.0. The van der Waals surface area contributed by atoms with Gasteiger partial charge in [0, 0.05) is 28.8 Å². The first-order valence-corrected chi connectivity index (χ1v) is 10.3. The number of amides is 1. The largest absolute Gasteiger partial charge is 0.497 e. The van der Waals surface area contributed by atoms with Crippen molar-refractivity contribution in [1.29, 1.82) is 0 Å². The zero-order valence-electron chi connectivity index (χ0n) is 19.1. The third kappa shape index (κ3) is 4.05. The Labute approximate surface area is 191 Å². The molecule has 1 aromatic heterocycles. The Kier molecular flexibility index (Phi) is 6.13. The molecule has 0 aliphatic rings. The van der Waals surface area contributed by atoms with Crippen molar-refractivity contribution < 1.29 is 28.2 Å². The van der Waals surface area contributed by atoms with Crippen LogP contribution in [0.25, 0.3) is 22.1 Å². The van der Waals surface area contributed by atoms with Gasteiger partial charge in [0.05, 0.1) is 40.3 Å². The Bertz CT molecular complexity index is 1300. The minimum Gasteiger partial charge on any atom is -0.497 e. The molecule has 1 N–H and O–H groups in total. The molecule has 0 radical (unpaired) electrons.